The predicted molar refractivity (Wildman–Crippen MR) is 189 cm³/mol. The summed E-state index contributed by atoms with van der Waals surface area (Å²) < 4.78 is 7.86. The van der Waals surface area contributed by atoms with Gasteiger partial charge < -0.3 is 9.40 Å². The molecule has 231 valence electrons. The van der Waals surface area contributed by atoms with Crippen molar-refractivity contribution >= 4 is 39.6 Å². The number of benzene rings is 4. The van der Waals surface area contributed by atoms with E-state index in [0.717, 1.165) is 57.3 Å². The van der Waals surface area contributed by atoms with E-state index in [-0.39, 0.29) is 20.1 Å². The van der Waals surface area contributed by atoms with Gasteiger partial charge >= 0.3 is 99.8 Å². The van der Waals surface area contributed by atoms with Crippen LogP contribution in [0.25, 0.3) is 55.6 Å². The Kier molecular flexibility index (Phi) is 9.70. The van der Waals surface area contributed by atoms with Crippen LogP contribution < -0.4 is 4.40 Å². The van der Waals surface area contributed by atoms with E-state index in [1.54, 1.807) is 0 Å². The Hall–Kier alpha value is -3.83. The van der Waals surface area contributed by atoms with Crippen LogP contribution in [-0.2, 0) is 32.9 Å². The molecule has 0 spiro atoms. The van der Waals surface area contributed by atoms with E-state index in [2.05, 4.69) is 101 Å². The Balaban J connectivity index is 0.000000187. The number of hydrogen-bond acceptors (Lipinski definition) is 3. The molecule has 1 aliphatic carbocycles. The number of hydrogen-bond donors (Lipinski definition) is 0. The molecule has 0 N–H and O–H groups in total. The topological polar surface area (TPSA) is 38.9 Å². The van der Waals surface area contributed by atoms with Crippen molar-refractivity contribution in [1.29, 1.82) is 0 Å². The van der Waals surface area contributed by atoms with Gasteiger partial charge in [0.2, 0.25) is 0 Å². The molecule has 0 atom stereocenters. The Bertz CT molecular complexity index is 2080. The van der Waals surface area contributed by atoms with Gasteiger partial charge in [-0.15, -0.1) is 18.2 Å². The molecule has 0 amide bonds. The van der Waals surface area contributed by atoms with E-state index in [1.165, 1.54) is 39.5 Å². The van der Waals surface area contributed by atoms with Crippen LogP contribution in [0.3, 0.4) is 0 Å². The molecule has 3 nitrogen and oxygen atoms in total. The summed E-state index contributed by atoms with van der Waals surface area (Å²) in [7, 11) is 0. The van der Waals surface area contributed by atoms with Crippen LogP contribution in [0, 0.1) is 12.1 Å². The van der Waals surface area contributed by atoms with Crippen molar-refractivity contribution in [2.24, 2.45) is 0 Å². The molecular weight excluding hydrogens is 801 g/mol. The molecule has 8 rings (SSSR count). The first kappa shape index (κ1) is 32.1. The van der Waals surface area contributed by atoms with E-state index in [0.29, 0.717) is 0 Å². The molecular formula is C41H36GeIrN2O-2. The van der Waals surface area contributed by atoms with Crippen molar-refractivity contribution in [3.05, 3.63) is 139 Å². The van der Waals surface area contributed by atoms with Crippen LogP contribution in [0.5, 0.6) is 0 Å². The van der Waals surface area contributed by atoms with Gasteiger partial charge in [-0.2, -0.15) is 0 Å². The van der Waals surface area contributed by atoms with Crippen LogP contribution in [0.15, 0.2) is 120 Å². The zero-order valence-corrected chi connectivity index (χ0v) is 30.9. The average Bonchev–Trinajstić information content (AvgIpc) is 3.48. The first-order valence-electron chi connectivity index (χ1n) is 15.8. The summed E-state index contributed by atoms with van der Waals surface area (Å²) in [5, 5.41) is 2.29. The van der Waals surface area contributed by atoms with Crippen molar-refractivity contribution in [3.8, 4) is 33.6 Å². The molecule has 0 aliphatic heterocycles. The van der Waals surface area contributed by atoms with Gasteiger partial charge in [-0.1, -0.05) is 64.5 Å². The molecule has 1 radical (unpaired) electrons. The minimum atomic E-state index is -1.72. The summed E-state index contributed by atoms with van der Waals surface area (Å²) in [6, 6.07) is 42.0. The second-order valence-electron chi connectivity index (χ2n) is 12.7. The molecule has 4 aromatic carbocycles. The maximum Gasteiger partial charge on any atom is 0.121 e. The van der Waals surface area contributed by atoms with E-state index >= 15 is 0 Å². The molecule has 46 heavy (non-hydrogen) atoms. The summed E-state index contributed by atoms with van der Waals surface area (Å²) >= 11 is -1.72. The fourth-order valence-electron chi connectivity index (χ4n) is 6.25. The maximum atomic E-state index is 6.42. The quantitative estimate of drug-likeness (QED) is 0.131. The van der Waals surface area contributed by atoms with Crippen molar-refractivity contribution < 1.29 is 24.5 Å². The van der Waals surface area contributed by atoms with Crippen molar-refractivity contribution in [2.75, 3.05) is 0 Å². The third kappa shape index (κ3) is 6.53. The second-order valence-corrected chi connectivity index (χ2v) is 23.4. The molecule has 3 heterocycles. The molecule has 3 aromatic heterocycles. The Morgan fingerprint density at radius 1 is 0.739 bits per heavy atom. The fraction of sp³-hybridized carbons (Fsp3) is 0.171. The minimum absolute atomic E-state index is 0. The number of aromatic nitrogens is 2. The molecule has 0 saturated carbocycles. The number of fused-ring (bicyclic) bond motifs is 4. The fourth-order valence-corrected chi connectivity index (χ4v) is 8.42. The third-order valence-corrected chi connectivity index (χ3v) is 12.9. The largest absolute Gasteiger partial charge is 0.501 e. The first-order valence-corrected chi connectivity index (χ1v) is 23.1. The number of pyridine rings is 2. The third-order valence-electron chi connectivity index (χ3n) is 8.67. The molecule has 0 fully saturated rings. The Morgan fingerprint density at radius 3 is 2.33 bits per heavy atom. The monoisotopic (exact) mass is 839 g/mol. The van der Waals surface area contributed by atoms with Crippen LogP contribution >= 0.6 is 0 Å². The average molecular weight is 838 g/mol. The van der Waals surface area contributed by atoms with E-state index in [4.69, 9.17) is 9.40 Å². The molecule has 1 aliphatic rings. The van der Waals surface area contributed by atoms with Crippen LogP contribution in [0.1, 0.15) is 24.0 Å². The van der Waals surface area contributed by atoms with Gasteiger partial charge in [0, 0.05) is 31.7 Å². The number of aryl methyl sites for hydroxylation is 1. The molecule has 0 saturated heterocycles. The van der Waals surface area contributed by atoms with Gasteiger partial charge in [0.15, 0.2) is 0 Å². The van der Waals surface area contributed by atoms with E-state index < -0.39 is 13.3 Å². The summed E-state index contributed by atoms with van der Waals surface area (Å²) in [6.07, 6.45) is 8.67. The van der Waals surface area contributed by atoms with Gasteiger partial charge in [0.1, 0.15) is 5.58 Å². The van der Waals surface area contributed by atoms with Crippen LogP contribution in [-0.4, -0.2) is 23.2 Å². The van der Waals surface area contributed by atoms with Crippen molar-refractivity contribution in [3.63, 3.8) is 0 Å². The standard InChI is InChI=1S/C27H20NO.C14H16GeN.Ir/c1-2-8-18(9-3-1)20-12-7-15-24-25(20)22-13-6-14-23(27(22)29-24)26-21-11-5-4-10-19(21)16-17-28-26;1-15(2,3)13-9-10-14(16-11-13)12-7-5-4-6-8-12;/h1-3,6-9,12-13,15-17H,4-5,10-11H2;4-7,9-11H,1-3H3;/q2*-1;. The molecule has 0 unspecified atom stereocenters. The van der Waals surface area contributed by atoms with Crippen molar-refractivity contribution in [2.45, 2.75) is 43.0 Å². The van der Waals surface area contributed by atoms with Crippen LogP contribution in [0.2, 0.25) is 17.3 Å². The van der Waals surface area contributed by atoms with Gasteiger partial charge in [0.25, 0.3) is 0 Å². The Morgan fingerprint density at radius 2 is 1.57 bits per heavy atom. The first-order chi connectivity index (χ1) is 22.0. The summed E-state index contributed by atoms with van der Waals surface area (Å²) in [5.74, 6) is 7.14. The Labute approximate surface area is 287 Å². The summed E-state index contributed by atoms with van der Waals surface area (Å²) in [5.41, 5.74) is 11.1. The zero-order valence-electron chi connectivity index (χ0n) is 26.4. The van der Waals surface area contributed by atoms with E-state index in [9.17, 15) is 0 Å². The summed E-state index contributed by atoms with van der Waals surface area (Å²) in [6.45, 7) is 0. The summed E-state index contributed by atoms with van der Waals surface area (Å²) in [4.78, 5) is 9.30. The SMILES string of the molecule is [CH3][Ge]([CH3])([CH3])[c]1ccc(-c2[c-]cccc2)nc1.[Ir].[c-]1ccc2c(oc3cccc(-c4ccccc4)c32)c1-c1nccc2c1CCCC2. The number of rotatable bonds is 4. The van der Waals surface area contributed by atoms with Crippen LogP contribution in [0.4, 0.5) is 0 Å². The predicted octanol–water partition coefficient (Wildman–Crippen LogP) is 10.1. The zero-order chi connectivity index (χ0) is 30.8. The number of furan rings is 1. The number of nitrogens with zero attached hydrogens (tertiary/aromatic N) is 2. The minimum Gasteiger partial charge on any atom is -0.501 e. The molecule has 7 aromatic rings. The maximum absolute atomic E-state index is 6.42. The smallest absolute Gasteiger partial charge is 0.121 e. The van der Waals surface area contributed by atoms with Crippen molar-refractivity contribution in [1.82, 2.24) is 9.97 Å². The normalized spacial score (nSPS) is 12.6. The van der Waals surface area contributed by atoms with Gasteiger partial charge in [-0.25, -0.2) is 0 Å². The van der Waals surface area contributed by atoms with Gasteiger partial charge in [-0.05, 0) is 54.6 Å². The molecule has 5 heteroatoms. The van der Waals surface area contributed by atoms with E-state index in [1.807, 2.05) is 48.8 Å². The van der Waals surface area contributed by atoms with Gasteiger partial charge in [0.05, 0.1) is 5.58 Å². The second kappa shape index (κ2) is 13.9. The molecule has 0 bridgehead atoms. The van der Waals surface area contributed by atoms with Gasteiger partial charge in [-0.3, -0.25) is 0 Å².